The molecule has 0 saturated carbocycles. The summed E-state index contributed by atoms with van der Waals surface area (Å²) in [5.41, 5.74) is 6.44. The van der Waals surface area contributed by atoms with Crippen molar-refractivity contribution in [2.24, 2.45) is 0 Å². The highest BCUT2D eigenvalue weighted by Gasteiger charge is 2.24. The molecular weight excluding hydrogens is 291 g/mol. The molecule has 2 heterocycles. The second-order valence-electron chi connectivity index (χ2n) is 4.83. The van der Waals surface area contributed by atoms with Gasteiger partial charge in [-0.3, -0.25) is 0 Å². The van der Waals surface area contributed by atoms with Crippen molar-refractivity contribution < 1.29 is 9.13 Å². The third-order valence-electron chi connectivity index (χ3n) is 3.62. The van der Waals surface area contributed by atoms with Gasteiger partial charge in [-0.25, -0.2) is 4.39 Å². The first-order valence-electron chi connectivity index (χ1n) is 6.74. The van der Waals surface area contributed by atoms with E-state index in [2.05, 4.69) is 14.2 Å². The van der Waals surface area contributed by atoms with Crippen LogP contribution < -0.4 is 20.3 Å². The summed E-state index contributed by atoms with van der Waals surface area (Å²) in [5.74, 6) is 0.888. The van der Waals surface area contributed by atoms with Gasteiger partial charge in [0.05, 0.1) is 12.8 Å². The molecule has 1 aromatic heterocycles. The van der Waals surface area contributed by atoms with Crippen LogP contribution in [0.2, 0.25) is 0 Å². The molecule has 112 valence electrons. The summed E-state index contributed by atoms with van der Waals surface area (Å²) in [5, 5.41) is 0.947. The molecule has 0 atom stereocenters. The number of aromatic nitrogens is 1. The SMILES string of the molecule is COc1c(N)nsc1N1CCN(c2ccccc2F)CC1. The molecule has 0 unspecified atom stereocenters. The van der Waals surface area contributed by atoms with Gasteiger partial charge in [0.2, 0.25) is 0 Å². The van der Waals surface area contributed by atoms with E-state index >= 15 is 0 Å². The number of ether oxygens (including phenoxy) is 1. The van der Waals surface area contributed by atoms with Crippen LogP contribution in [0.25, 0.3) is 0 Å². The highest BCUT2D eigenvalue weighted by molar-refractivity contribution is 7.11. The molecule has 1 aromatic carbocycles. The predicted molar refractivity (Wildman–Crippen MR) is 83.9 cm³/mol. The Balaban J connectivity index is 1.72. The average Bonchev–Trinajstić information content (AvgIpc) is 2.89. The highest BCUT2D eigenvalue weighted by Crippen LogP contribution is 2.38. The van der Waals surface area contributed by atoms with Crippen molar-refractivity contribution in [3.8, 4) is 5.75 Å². The zero-order chi connectivity index (χ0) is 14.8. The molecule has 3 rings (SSSR count). The number of hydrogen-bond donors (Lipinski definition) is 1. The molecule has 2 aromatic rings. The minimum absolute atomic E-state index is 0.175. The number of nitrogens with two attached hydrogens (primary N) is 1. The van der Waals surface area contributed by atoms with Gasteiger partial charge in [-0.1, -0.05) is 12.1 Å². The minimum atomic E-state index is -0.175. The topological polar surface area (TPSA) is 54.6 Å². The fourth-order valence-electron chi connectivity index (χ4n) is 2.54. The molecule has 0 amide bonds. The third kappa shape index (κ3) is 2.61. The first kappa shape index (κ1) is 13.9. The number of rotatable bonds is 3. The molecule has 21 heavy (non-hydrogen) atoms. The average molecular weight is 308 g/mol. The number of halogens is 1. The Hall–Kier alpha value is -2.02. The van der Waals surface area contributed by atoms with E-state index in [0.29, 0.717) is 17.3 Å². The van der Waals surface area contributed by atoms with Gasteiger partial charge < -0.3 is 20.3 Å². The molecule has 1 aliphatic rings. The smallest absolute Gasteiger partial charge is 0.197 e. The summed E-state index contributed by atoms with van der Waals surface area (Å²) in [6.07, 6.45) is 0. The maximum absolute atomic E-state index is 13.8. The van der Waals surface area contributed by atoms with Crippen LogP contribution in [0.4, 0.5) is 20.9 Å². The fraction of sp³-hybridized carbons (Fsp3) is 0.357. The van der Waals surface area contributed by atoms with Crippen LogP contribution in [-0.4, -0.2) is 37.7 Å². The van der Waals surface area contributed by atoms with E-state index in [0.717, 1.165) is 31.2 Å². The third-order valence-corrected chi connectivity index (χ3v) is 4.53. The number of nitrogens with zero attached hydrogens (tertiary/aromatic N) is 3. The van der Waals surface area contributed by atoms with Gasteiger partial charge in [0.15, 0.2) is 16.6 Å². The molecule has 5 nitrogen and oxygen atoms in total. The van der Waals surface area contributed by atoms with Crippen molar-refractivity contribution in [1.29, 1.82) is 0 Å². The van der Waals surface area contributed by atoms with E-state index in [1.807, 2.05) is 12.1 Å². The lowest BCUT2D eigenvalue weighted by molar-refractivity contribution is 0.417. The lowest BCUT2D eigenvalue weighted by Crippen LogP contribution is -2.46. The highest BCUT2D eigenvalue weighted by atomic mass is 32.1. The number of anilines is 3. The van der Waals surface area contributed by atoms with E-state index < -0.39 is 0 Å². The van der Waals surface area contributed by atoms with Crippen LogP contribution in [0.5, 0.6) is 5.75 Å². The summed E-state index contributed by atoms with van der Waals surface area (Å²) in [7, 11) is 1.60. The van der Waals surface area contributed by atoms with Crippen LogP contribution in [0.15, 0.2) is 24.3 Å². The Morgan fingerprint density at radius 3 is 2.52 bits per heavy atom. The maximum atomic E-state index is 13.8. The molecule has 1 saturated heterocycles. The van der Waals surface area contributed by atoms with Gasteiger partial charge in [0.25, 0.3) is 0 Å². The van der Waals surface area contributed by atoms with Crippen LogP contribution in [0.1, 0.15) is 0 Å². The van der Waals surface area contributed by atoms with E-state index in [1.165, 1.54) is 17.6 Å². The number of benzene rings is 1. The molecule has 0 aliphatic carbocycles. The number of para-hydroxylation sites is 1. The Morgan fingerprint density at radius 1 is 1.19 bits per heavy atom. The standard InChI is InChI=1S/C14H17FN4OS/c1-20-12-13(16)17-21-14(12)19-8-6-18(7-9-19)11-5-3-2-4-10(11)15/h2-5H,6-9H2,1H3,(H2,16,17). The Kier molecular flexibility index (Phi) is 3.83. The Labute approximate surface area is 126 Å². The maximum Gasteiger partial charge on any atom is 0.197 e. The summed E-state index contributed by atoms with van der Waals surface area (Å²) in [4.78, 5) is 4.24. The lowest BCUT2D eigenvalue weighted by Gasteiger charge is -2.36. The Morgan fingerprint density at radius 2 is 1.86 bits per heavy atom. The van der Waals surface area contributed by atoms with Crippen molar-refractivity contribution in [2.45, 2.75) is 0 Å². The molecule has 2 N–H and O–H groups in total. The quantitative estimate of drug-likeness (QED) is 0.942. The second kappa shape index (κ2) is 5.77. The molecule has 0 spiro atoms. The van der Waals surface area contributed by atoms with Crippen molar-refractivity contribution in [1.82, 2.24) is 4.37 Å². The first-order chi connectivity index (χ1) is 10.2. The van der Waals surface area contributed by atoms with E-state index in [9.17, 15) is 4.39 Å². The normalized spacial score (nSPS) is 15.3. The monoisotopic (exact) mass is 308 g/mol. The van der Waals surface area contributed by atoms with Crippen LogP contribution in [0.3, 0.4) is 0 Å². The number of hydrogen-bond acceptors (Lipinski definition) is 6. The summed E-state index contributed by atoms with van der Waals surface area (Å²) >= 11 is 1.34. The number of piperazine rings is 1. The van der Waals surface area contributed by atoms with Gasteiger partial charge in [0.1, 0.15) is 5.82 Å². The molecular formula is C14H17FN4OS. The summed E-state index contributed by atoms with van der Waals surface area (Å²) in [6.45, 7) is 3.07. The lowest BCUT2D eigenvalue weighted by atomic mass is 10.2. The van der Waals surface area contributed by atoms with Crippen molar-refractivity contribution in [3.05, 3.63) is 30.1 Å². The van der Waals surface area contributed by atoms with E-state index in [4.69, 9.17) is 10.5 Å². The molecule has 0 bridgehead atoms. The van der Waals surface area contributed by atoms with Crippen molar-refractivity contribution in [2.75, 3.05) is 48.8 Å². The van der Waals surface area contributed by atoms with Crippen molar-refractivity contribution in [3.63, 3.8) is 0 Å². The summed E-state index contributed by atoms with van der Waals surface area (Å²) < 4.78 is 23.3. The summed E-state index contributed by atoms with van der Waals surface area (Å²) in [6, 6.07) is 6.88. The van der Waals surface area contributed by atoms with Gasteiger partial charge in [-0.15, -0.1) is 0 Å². The van der Waals surface area contributed by atoms with Crippen molar-refractivity contribution >= 4 is 28.0 Å². The predicted octanol–water partition coefficient (Wildman–Crippen LogP) is 2.20. The zero-order valence-corrected chi connectivity index (χ0v) is 12.6. The van der Waals surface area contributed by atoms with Gasteiger partial charge in [-0.2, -0.15) is 4.37 Å². The molecule has 7 heteroatoms. The fourth-order valence-corrected chi connectivity index (χ4v) is 3.37. The number of nitrogen functional groups attached to an aromatic ring is 1. The molecule has 1 aliphatic heterocycles. The van der Waals surface area contributed by atoms with E-state index in [-0.39, 0.29) is 5.82 Å². The molecule has 0 radical (unpaired) electrons. The Bertz CT molecular complexity index is 625. The first-order valence-corrected chi connectivity index (χ1v) is 7.51. The second-order valence-corrected chi connectivity index (χ2v) is 5.58. The molecule has 1 fully saturated rings. The largest absolute Gasteiger partial charge is 0.490 e. The van der Waals surface area contributed by atoms with E-state index in [1.54, 1.807) is 13.2 Å². The van der Waals surface area contributed by atoms with Gasteiger partial charge >= 0.3 is 0 Å². The van der Waals surface area contributed by atoms with Gasteiger partial charge in [-0.05, 0) is 23.7 Å². The van der Waals surface area contributed by atoms with Crippen LogP contribution in [-0.2, 0) is 0 Å². The minimum Gasteiger partial charge on any atom is -0.490 e. The zero-order valence-electron chi connectivity index (χ0n) is 11.8. The van der Waals surface area contributed by atoms with Gasteiger partial charge in [0, 0.05) is 26.2 Å². The number of methoxy groups -OCH3 is 1. The van der Waals surface area contributed by atoms with Crippen LogP contribution >= 0.6 is 11.5 Å². The van der Waals surface area contributed by atoms with Crippen LogP contribution in [0, 0.1) is 5.82 Å².